The van der Waals surface area contributed by atoms with E-state index in [0.29, 0.717) is 22.8 Å². The summed E-state index contributed by atoms with van der Waals surface area (Å²) in [6.45, 7) is 1.35. The maximum Gasteiger partial charge on any atom is 0.275 e. The first-order valence-corrected chi connectivity index (χ1v) is 7.70. The van der Waals surface area contributed by atoms with Crippen molar-refractivity contribution in [3.05, 3.63) is 65.0 Å². The van der Waals surface area contributed by atoms with Crippen molar-refractivity contribution in [2.75, 3.05) is 12.4 Å². The van der Waals surface area contributed by atoms with Gasteiger partial charge in [-0.25, -0.2) is 4.98 Å². The summed E-state index contributed by atoms with van der Waals surface area (Å²) in [7, 11) is 1.58. The van der Waals surface area contributed by atoms with Crippen LogP contribution in [0.25, 0.3) is 22.6 Å². The van der Waals surface area contributed by atoms with E-state index < -0.39 is 5.56 Å². The van der Waals surface area contributed by atoms with E-state index in [1.54, 1.807) is 31.4 Å². The van der Waals surface area contributed by atoms with Crippen LogP contribution in [0, 0.1) is 0 Å². The highest BCUT2D eigenvalue weighted by Crippen LogP contribution is 2.27. The van der Waals surface area contributed by atoms with Gasteiger partial charge in [0.15, 0.2) is 0 Å². The molecule has 1 aromatic heterocycles. The molecule has 126 valence electrons. The number of benzene rings is 2. The van der Waals surface area contributed by atoms with Gasteiger partial charge in [0.05, 0.1) is 7.11 Å². The number of methoxy groups -OCH3 is 1. The van der Waals surface area contributed by atoms with E-state index >= 15 is 0 Å². The molecule has 6 nitrogen and oxygen atoms in total. The molecule has 0 bridgehead atoms. The molecule has 0 radical (unpaired) electrons. The van der Waals surface area contributed by atoms with Crippen LogP contribution in [0.1, 0.15) is 6.92 Å². The summed E-state index contributed by atoms with van der Waals surface area (Å²) in [6.07, 6.45) is 0. The molecule has 0 atom stereocenters. The van der Waals surface area contributed by atoms with Crippen molar-refractivity contribution < 1.29 is 9.53 Å². The van der Waals surface area contributed by atoms with Gasteiger partial charge in [-0.1, -0.05) is 30.3 Å². The van der Waals surface area contributed by atoms with E-state index in [0.717, 1.165) is 5.56 Å². The molecule has 0 unspecified atom stereocenters. The zero-order valence-electron chi connectivity index (χ0n) is 13.9. The summed E-state index contributed by atoms with van der Waals surface area (Å²) < 4.78 is 5.16. The Hall–Kier alpha value is -3.41. The first-order valence-electron chi connectivity index (χ1n) is 7.70. The number of anilines is 1. The van der Waals surface area contributed by atoms with Crippen LogP contribution >= 0.6 is 0 Å². The molecule has 1 amide bonds. The number of amides is 1. The van der Waals surface area contributed by atoms with E-state index in [4.69, 9.17) is 4.74 Å². The summed E-state index contributed by atoms with van der Waals surface area (Å²) >= 11 is 0. The lowest BCUT2D eigenvalue weighted by Crippen LogP contribution is -2.20. The summed E-state index contributed by atoms with van der Waals surface area (Å²) in [6, 6.07) is 16.5. The van der Waals surface area contributed by atoms with Gasteiger partial charge in [0.1, 0.15) is 23.0 Å². The number of hydrogen-bond donors (Lipinski definition) is 2. The second kappa shape index (κ2) is 7.00. The van der Waals surface area contributed by atoms with E-state index in [1.165, 1.54) is 6.92 Å². The fraction of sp³-hybridized carbons (Fsp3) is 0.105. The predicted molar refractivity (Wildman–Crippen MR) is 96.6 cm³/mol. The Kier molecular flexibility index (Phi) is 4.61. The third-order valence-electron chi connectivity index (χ3n) is 3.63. The molecule has 2 aromatic carbocycles. The van der Waals surface area contributed by atoms with Gasteiger partial charge in [0.25, 0.3) is 5.56 Å². The average molecular weight is 335 g/mol. The summed E-state index contributed by atoms with van der Waals surface area (Å²) in [5, 5.41) is 2.57. The molecule has 0 aliphatic rings. The molecule has 0 fully saturated rings. The van der Waals surface area contributed by atoms with Gasteiger partial charge in [0.2, 0.25) is 5.91 Å². The number of H-pyrrole nitrogens is 1. The SMILES string of the molecule is COc1ccc(-c2nc(-c3ccccc3)[nH]c(=O)c2NC(C)=O)cc1. The molecule has 0 aliphatic heterocycles. The largest absolute Gasteiger partial charge is 0.497 e. The number of nitrogens with one attached hydrogen (secondary N) is 2. The lowest BCUT2D eigenvalue weighted by atomic mass is 10.1. The topological polar surface area (TPSA) is 84.1 Å². The zero-order valence-corrected chi connectivity index (χ0v) is 13.9. The molecule has 3 aromatic rings. The highest BCUT2D eigenvalue weighted by Gasteiger charge is 2.15. The van der Waals surface area contributed by atoms with Gasteiger partial charge in [-0.2, -0.15) is 0 Å². The third-order valence-corrected chi connectivity index (χ3v) is 3.63. The fourth-order valence-electron chi connectivity index (χ4n) is 2.46. The number of aromatic amines is 1. The Morgan fingerprint density at radius 3 is 2.32 bits per heavy atom. The number of aromatic nitrogens is 2. The van der Waals surface area contributed by atoms with E-state index in [9.17, 15) is 9.59 Å². The highest BCUT2D eigenvalue weighted by atomic mass is 16.5. The normalized spacial score (nSPS) is 10.3. The van der Waals surface area contributed by atoms with Crippen LogP contribution in [0.2, 0.25) is 0 Å². The Morgan fingerprint density at radius 2 is 1.72 bits per heavy atom. The molecule has 3 rings (SSSR count). The van der Waals surface area contributed by atoms with Crippen molar-refractivity contribution >= 4 is 11.6 Å². The number of rotatable bonds is 4. The Morgan fingerprint density at radius 1 is 1.04 bits per heavy atom. The van der Waals surface area contributed by atoms with Gasteiger partial charge in [-0.05, 0) is 24.3 Å². The van der Waals surface area contributed by atoms with Gasteiger partial charge in [-0.15, -0.1) is 0 Å². The fourth-order valence-corrected chi connectivity index (χ4v) is 2.46. The highest BCUT2D eigenvalue weighted by molar-refractivity contribution is 5.93. The number of carbonyl (C=O) groups is 1. The Labute approximate surface area is 144 Å². The maximum absolute atomic E-state index is 12.5. The average Bonchev–Trinajstić information content (AvgIpc) is 2.64. The van der Waals surface area contributed by atoms with Crippen LogP contribution in [-0.4, -0.2) is 23.0 Å². The summed E-state index contributed by atoms with van der Waals surface area (Å²) in [5.74, 6) is 0.790. The lowest BCUT2D eigenvalue weighted by Gasteiger charge is -2.11. The summed E-state index contributed by atoms with van der Waals surface area (Å²) in [4.78, 5) is 31.3. The zero-order chi connectivity index (χ0) is 17.8. The van der Waals surface area contributed by atoms with Gasteiger partial charge in [0, 0.05) is 18.1 Å². The predicted octanol–water partition coefficient (Wildman–Crippen LogP) is 3.07. The van der Waals surface area contributed by atoms with Crippen LogP contribution in [-0.2, 0) is 4.79 Å². The molecule has 2 N–H and O–H groups in total. The minimum absolute atomic E-state index is 0.123. The number of hydrogen-bond acceptors (Lipinski definition) is 4. The number of ether oxygens (including phenoxy) is 1. The third kappa shape index (κ3) is 3.58. The minimum atomic E-state index is -0.408. The Bertz CT molecular complexity index is 948. The van der Waals surface area contributed by atoms with Crippen molar-refractivity contribution in [2.45, 2.75) is 6.92 Å². The van der Waals surface area contributed by atoms with Crippen molar-refractivity contribution in [2.24, 2.45) is 0 Å². The van der Waals surface area contributed by atoms with E-state index in [2.05, 4.69) is 15.3 Å². The molecule has 0 aliphatic carbocycles. The molecule has 6 heteroatoms. The molecular weight excluding hydrogens is 318 g/mol. The maximum atomic E-state index is 12.5. The van der Waals surface area contributed by atoms with Crippen molar-refractivity contribution in [3.8, 4) is 28.4 Å². The van der Waals surface area contributed by atoms with Gasteiger partial charge >= 0.3 is 0 Å². The van der Waals surface area contributed by atoms with Gasteiger partial charge < -0.3 is 15.0 Å². The van der Waals surface area contributed by atoms with E-state index in [-0.39, 0.29) is 11.6 Å². The minimum Gasteiger partial charge on any atom is -0.497 e. The van der Waals surface area contributed by atoms with Crippen molar-refractivity contribution in [1.82, 2.24) is 9.97 Å². The molecule has 0 saturated carbocycles. The van der Waals surface area contributed by atoms with E-state index in [1.807, 2.05) is 30.3 Å². The standard InChI is InChI=1S/C19H17N3O3/c1-12(23)20-17-16(13-8-10-15(25-2)11-9-13)21-18(22-19(17)24)14-6-4-3-5-7-14/h3-11H,1-2H3,(H,20,23)(H,21,22,24). The number of carbonyl (C=O) groups excluding carboxylic acids is 1. The molecule has 0 saturated heterocycles. The monoisotopic (exact) mass is 335 g/mol. The van der Waals surface area contributed by atoms with Crippen LogP contribution in [0.3, 0.4) is 0 Å². The Balaban J connectivity index is 2.19. The lowest BCUT2D eigenvalue weighted by molar-refractivity contribution is -0.114. The van der Waals surface area contributed by atoms with Crippen LogP contribution in [0.4, 0.5) is 5.69 Å². The van der Waals surface area contributed by atoms with Crippen LogP contribution < -0.4 is 15.6 Å². The second-order valence-corrected chi connectivity index (χ2v) is 5.41. The quantitative estimate of drug-likeness (QED) is 0.767. The molecular formula is C19H17N3O3. The van der Waals surface area contributed by atoms with Crippen LogP contribution in [0.5, 0.6) is 5.75 Å². The van der Waals surface area contributed by atoms with Crippen molar-refractivity contribution in [1.29, 1.82) is 0 Å². The van der Waals surface area contributed by atoms with Gasteiger partial charge in [-0.3, -0.25) is 9.59 Å². The van der Waals surface area contributed by atoms with Crippen molar-refractivity contribution in [3.63, 3.8) is 0 Å². The first-order chi connectivity index (χ1) is 12.1. The summed E-state index contributed by atoms with van der Waals surface area (Å²) in [5.41, 5.74) is 1.60. The molecule has 25 heavy (non-hydrogen) atoms. The molecule has 1 heterocycles. The second-order valence-electron chi connectivity index (χ2n) is 5.41. The van der Waals surface area contributed by atoms with Crippen LogP contribution in [0.15, 0.2) is 59.4 Å². The number of nitrogens with zero attached hydrogens (tertiary/aromatic N) is 1. The first kappa shape index (κ1) is 16.4. The smallest absolute Gasteiger partial charge is 0.275 e. The molecule has 0 spiro atoms.